The molecule has 0 saturated heterocycles. The van der Waals surface area contributed by atoms with Crippen molar-refractivity contribution in [3.05, 3.63) is 118 Å². The molecule has 33 heavy (non-hydrogen) atoms. The van der Waals surface area contributed by atoms with Gasteiger partial charge in [-0.05, 0) is 82.1 Å². The van der Waals surface area contributed by atoms with Crippen LogP contribution in [0.15, 0.2) is 84.9 Å². The van der Waals surface area contributed by atoms with Crippen molar-refractivity contribution in [2.45, 2.75) is 33.1 Å². The summed E-state index contributed by atoms with van der Waals surface area (Å²) < 4.78 is 0. The molecule has 0 saturated carbocycles. The van der Waals surface area contributed by atoms with E-state index in [-0.39, 0.29) is 5.92 Å². The van der Waals surface area contributed by atoms with E-state index in [0.717, 1.165) is 23.1 Å². The molecular weight excluding hydrogens is 400 g/mol. The second-order valence-corrected chi connectivity index (χ2v) is 8.44. The zero-order valence-corrected chi connectivity index (χ0v) is 19.3. The summed E-state index contributed by atoms with van der Waals surface area (Å²) in [6.07, 6.45) is 0.897. The topological polar surface area (TPSA) is 47.6 Å². The van der Waals surface area contributed by atoms with E-state index in [1.54, 1.807) is 0 Å². The van der Waals surface area contributed by atoms with Crippen LogP contribution in [-0.2, 0) is 6.42 Å². The van der Waals surface area contributed by atoms with Gasteiger partial charge in [0.2, 0.25) is 0 Å². The Labute approximate surface area is 196 Å². The Kier molecular flexibility index (Phi) is 6.39. The maximum Gasteiger partial charge on any atom is 0.0991 e. The Bertz CT molecular complexity index is 1360. The van der Waals surface area contributed by atoms with Crippen LogP contribution in [0.25, 0.3) is 22.3 Å². The van der Waals surface area contributed by atoms with Crippen molar-refractivity contribution < 1.29 is 0 Å². The molecule has 160 valence electrons. The van der Waals surface area contributed by atoms with Crippen molar-refractivity contribution in [2.24, 2.45) is 0 Å². The van der Waals surface area contributed by atoms with E-state index in [0.29, 0.717) is 11.1 Å². The fourth-order valence-corrected chi connectivity index (χ4v) is 4.39. The second kappa shape index (κ2) is 9.56. The largest absolute Gasteiger partial charge is 0.192 e. The highest BCUT2D eigenvalue weighted by Crippen LogP contribution is 2.31. The first-order valence-corrected chi connectivity index (χ1v) is 11.3. The Balaban J connectivity index is 1.56. The predicted octanol–water partition coefficient (Wildman–Crippen LogP) is 7.79. The lowest BCUT2D eigenvalue weighted by Gasteiger charge is -2.15. The van der Waals surface area contributed by atoms with Crippen LogP contribution >= 0.6 is 0 Å². The molecule has 0 amide bonds. The van der Waals surface area contributed by atoms with Crippen LogP contribution in [0.2, 0.25) is 0 Å². The van der Waals surface area contributed by atoms with Gasteiger partial charge in [0.05, 0.1) is 23.3 Å². The molecule has 0 radical (unpaired) electrons. The van der Waals surface area contributed by atoms with Gasteiger partial charge in [-0.1, -0.05) is 74.5 Å². The minimum absolute atomic E-state index is 0.279. The minimum Gasteiger partial charge on any atom is -0.192 e. The van der Waals surface area contributed by atoms with Crippen LogP contribution in [0, 0.1) is 29.6 Å². The summed E-state index contributed by atoms with van der Waals surface area (Å²) in [4.78, 5) is 0. The number of aryl methyl sites for hydroxylation is 2. The predicted molar refractivity (Wildman–Crippen MR) is 135 cm³/mol. The smallest absolute Gasteiger partial charge is 0.0991 e. The molecule has 0 N–H and O–H groups in total. The highest BCUT2D eigenvalue weighted by molar-refractivity contribution is 5.70. The molecule has 0 bridgehead atoms. The maximum atomic E-state index is 9.18. The molecule has 1 atom stereocenters. The SMILES string of the molecule is CCc1cc(C#N)ccc1-c1ccc(C(C)c2ccc(-c3ccc(C#N)cc3C)cc2)cc1. The average Bonchev–Trinajstić information content (AvgIpc) is 2.88. The molecule has 4 aromatic carbocycles. The third kappa shape index (κ3) is 4.57. The van der Waals surface area contributed by atoms with Crippen molar-refractivity contribution in [1.29, 1.82) is 10.5 Å². The molecule has 1 unspecified atom stereocenters. The summed E-state index contributed by atoms with van der Waals surface area (Å²) in [6.45, 7) is 6.40. The molecule has 0 heterocycles. The molecule has 4 rings (SSSR count). The molecule has 2 heteroatoms. The summed E-state index contributed by atoms with van der Waals surface area (Å²) in [7, 11) is 0. The Hall–Kier alpha value is -4.14. The summed E-state index contributed by atoms with van der Waals surface area (Å²) >= 11 is 0. The van der Waals surface area contributed by atoms with Gasteiger partial charge in [0, 0.05) is 5.92 Å². The zero-order valence-electron chi connectivity index (χ0n) is 19.3. The number of hydrogen-bond acceptors (Lipinski definition) is 2. The fraction of sp³-hybridized carbons (Fsp3) is 0.161. The summed E-state index contributed by atoms with van der Waals surface area (Å²) in [6, 6.07) is 33.7. The monoisotopic (exact) mass is 426 g/mol. The standard InChI is InChI=1S/C31H26N2/c1-4-25-18-24(20-33)6-16-31(25)29-13-9-27(10-14-29)22(3)26-7-11-28(12-8-26)30-15-5-23(19-32)17-21(30)2/h5-18,22H,4H2,1-3H3. The fourth-order valence-electron chi connectivity index (χ4n) is 4.39. The van der Waals surface area contributed by atoms with Crippen molar-refractivity contribution in [2.75, 3.05) is 0 Å². The van der Waals surface area contributed by atoms with Gasteiger partial charge in [-0.15, -0.1) is 0 Å². The molecule has 0 spiro atoms. The normalized spacial score (nSPS) is 11.4. The van der Waals surface area contributed by atoms with Gasteiger partial charge >= 0.3 is 0 Å². The molecule has 0 aliphatic rings. The van der Waals surface area contributed by atoms with Crippen LogP contribution in [0.4, 0.5) is 0 Å². The summed E-state index contributed by atoms with van der Waals surface area (Å²) in [5, 5.41) is 18.3. The van der Waals surface area contributed by atoms with Gasteiger partial charge in [0.25, 0.3) is 0 Å². The molecule has 0 aliphatic carbocycles. The quantitative estimate of drug-likeness (QED) is 0.327. The van der Waals surface area contributed by atoms with Crippen molar-refractivity contribution >= 4 is 0 Å². The molecule has 4 aromatic rings. The van der Waals surface area contributed by atoms with Crippen LogP contribution in [0.5, 0.6) is 0 Å². The number of rotatable bonds is 5. The van der Waals surface area contributed by atoms with Gasteiger partial charge in [-0.3, -0.25) is 0 Å². The first-order valence-electron chi connectivity index (χ1n) is 11.3. The maximum absolute atomic E-state index is 9.18. The molecule has 0 aliphatic heterocycles. The van der Waals surface area contributed by atoms with E-state index in [2.05, 4.69) is 80.6 Å². The van der Waals surface area contributed by atoms with E-state index in [1.807, 2.05) is 37.3 Å². The Morgan fingerprint density at radius 2 is 1.15 bits per heavy atom. The zero-order chi connectivity index (χ0) is 23.4. The molecule has 0 aromatic heterocycles. The van der Waals surface area contributed by atoms with E-state index < -0.39 is 0 Å². The highest BCUT2D eigenvalue weighted by atomic mass is 14.2. The first kappa shape index (κ1) is 22.1. The Morgan fingerprint density at radius 3 is 1.64 bits per heavy atom. The average molecular weight is 427 g/mol. The number of nitriles is 2. The number of benzene rings is 4. The lowest BCUT2D eigenvalue weighted by Crippen LogP contribution is -1.97. The van der Waals surface area contributed by atoms with Gasteiger partial charge in [-0.2, -0.15) is 10.5 Å². The van der Waals surface area contributed by atoms with Crippen LogP contribution in [0.1, 0.15) is 53.1 Å². The summed E-state index contributed by atoms with van der Waals surface area (Å²) in [5.41, 5.74) is 10.9. The van der Waals surface area contributed by atoms with Gasteiger partial charge in [0.15, 0.2) is 0 Å². The van der Waals surface area contributed by atoms with Crippen molar-refractivity contribution in [3.8, 4) is 34.4 Å². The first-order chi connectivity index (χ1) is 16.0. The van der Waals surface area contributed by atoms with Crippen molar-refractivity contribution in [1.82, 2.24) is 0 Å². The molecule has 0 fully saturated rings. The third-order valence-corrected chi connectivity index (χ3v) is 6.41. The summed E-state index contributed by atoms with van der Waals surface area (Å²) in [5.74, 6) is 0.279. The third-order valence-electron chi connectivity index (χ3n) is 6.41. The van der Waals surface area contributed by atoms with Gasteiger partial charge in [0.1, 0.15) is 0 Å². The van der Waals surface area contributed by atoms with Gasteiger partial charge < -0.3 is 0 Å². The lowest BCUT2D eigenvalue weighted by atomic mass is 9.89. The van der Waals surface area contributed by atoms with E-state index in [4.69, 9.17) is 5.26 Å². The minimum atomic E-state index is 0.279. The van der Waals surface area contributed by atoms with Crippen LogP contribution < -0.4 is 0 Å². The second-order valence-electron chi connectivity index (χ2n) is 8.44. The van der Waals surface area contributed by atoms with Crippen molar-refractivity contribution in [3.63, 3.8) is 0 Å². The van der Waals surface area contributed by atoms with Crippen LogP contribution in [-0.4, -0.2) is 0 Å². The van der Waals surface area contributed by atoms with E-state index in [1.165, 1.54) is 27.8 Å². The molecular formula is C31H26N2. The van der Waals surface area contributed by atoms with E-state index in [9.17, 15) is 5.26 Å². The highest BCUT2D eigenvalue weighted by Gasteiger charge is 2.11. The molecule has 2 nitrogen and oxygen atoms in total. The number of hydrogen-bond donors (Lipinski definition) is 0. The van der Waals surface area contributed by atoms with Crippen LogP contribution in [0.3, 0.4) is 0 Å². The lowest BCUT2D eigenvalue weighted by molar-refractivity contribution is 0.923. The van der Waals surface area contributed by atoms with Gasteiger partial charge in [-0.25, -0.2) is 0 Å². The number of nitrogens with zero attached hydrogens (tertiary/aromatic N) is 2. The Morgan fingerprint density at radius 1 is 0.667 bits per heavy atom. The van der Waals surface area contributed by atoms with E-state index >= 15 is 0 Å².